The molecule has 0 aromatic rings. The van der Waals surface area contributed by atoms with Crippen molar-refractivity contribution >= 4 is 23.9 Å². The summed E-state index contributed by atoms with van der Waals surface area (Å²) >= 11 is 0. The fourth-order valence-corrected chi connectivity index (χ4v) is 12.8. The number of hydrogen-bond donors (Lipinski definition) is 2. The van der Waals surface area contributed by atoms with Gasteiger partial charge in [-0.25, -0.2) is 0 Å². The Bertz CT molecular complexity index is 1600. The van der Waals surface area contributed by atoms with E-state index in [-0.39, 0.29) is 73.7 Å². The molecule has 14 heteroatoms. The minimum Gasteiger partial charge on any atom is -0.466 e. The first kappa shape index (κ1) is 89.6. The van der Waals surface area contributed by atoms with Gasteiger partial charge in [0.2, 0.25) is 0 Å². The van der Waals surface area contributed by atoms with Crippen molar-refractivity contribution in [3.05, 3.63) is 0 Å². The monoisotopic (exact) mass is 1310 g/mol. The molecule has 0 aromatic carbocycles. The molecule has 0 heterocycles. The largest absolute Gasteiger partial charge is 0.466 e. The molecular formula is C78H150O14. The standard InChI is InChI=1S/C78H150O14/c1-9-13-17-21-28-40-53-67(79)70(86-6)56-43-33-26-37-51-64-78(84)92-74(71(87-7)57-44-31-23-19-15-11-3)60-47-34-27-35-48-61-75(81)89-65-52-66-90-76(82)62-49-39-38-45-58-72(88-8)73(59-46-32-24-20-16-12-4)91-77(83)63-50-36-25-29-41-54-68(80)69(85-5)55-42-30-22-18-14-10-2/h67-74,79-80H,9-66H2,1-8H3. The third-order valence-corrected chi connectivity index (χ3v) is 18.9. The maximum Gasteiger partial charge on any atom is 0.306 e. The molecule has 8 unspecified atom stereocenters. The Morgan fingerprint density at radius 3 is 0.707 bits per heavy atom. The summed E-state index contributed by atoms with van der Waals surface area (Å²) in [5, 5.41) is 21.4. The van der Waals surface area contributed by atoms with E-state index >= 15 is 0 Å². The minimum absolute atomic E-state index is 0.0848. The van der Waals surface area contributed by atoms with E-state index < -0.39 is 12.2 Å². The lowest BCUT2D eigenvalue weighted by atomic mass is 9.99. The lowest BCUT2D eigenvalue weighted by molar-refractivity contribution is -0.158. The smallest absolute Gasteiger partial charge is 0.306 e. The van der Waals surface area contributed by atoms with Crippen molar-refractivity contribution in [1.82, 2.24) is 0 Å². The minimum atomic E-state index is -0.420. The molecule has 14 nitrogen and oxygen atoms in total. The number of aliphatic hydroxyl groups is 2. The van der Waals surface area contributed by atoms with Gasteiger partial charge in [-0.3, -0.25) is 19.2 Å². The highest BCUT2D eigenvalue weighted by atomic mass is 16.6. The van der Waals surface area contributed by atoms with Crippen molar-refractivity contribution in [2.45, 2.75) is 436 Å². The Hall–Kier alpha value is -2.36. The van der Waals surface area contributed by atoms with Gasteiger partial charge in [-0.2, -0.15) is 0 Å². The van der Waals surface area contributed by atoms with E-state index in [1.807, 2.05) is 0 Å². The Balaban J connectivity index is 4.56. The van der Waals surface area contributed by atoms with E-state index in [1.165, 1.54) is 116 Å². The summed E-state index contributed by atoms with van der Waals surface area (Å²) < 4.78 is 46.5. The first-order valence-electron chi connectivity index (χ1n) is 39.1. The molecule has 2 N–H and O–H groups in total. The van der Waals surface area contributed by atoms with Crippen molar-refractivity contribution in [2.24, 2.45) is 0 Å². The predicted molar refractivity (Wildman–Crippen MR) is 378 cm³/mol. The van der Waals surface area contributed by atoms with Gasteiger partial charge >= 0.3 is 23.9 Å². The normalized spacial score (nSPS) is 14.3. The fraction of sp³-hybridized carbons (Fsp3) is 0.949. The summed E-state index contributed by atoms with van der Waals surface area (Å²) in [6.45, 7) is 9.38. The van der Waals surface area contributed by atoms with E-state index in [9.17, 15) is 29.4 Å². The molecule has 0 spiro atoms. The molecule has 546 valence electrons. The van der Waals surface area contributed by atoms with E-state index in [0.29, 0.717) is 32.1 Å². The summed E-state index contributed by atoms with van der Waals surface area (Å²) in [7, 11) is 6.88. The number of carbonyl (C=O) groups is 4. The lowest BCUT2D eigenvalue weighted by Crippen LogP contribution is -2.33. The van der Waals surface area contributed by atoms with Crippen LogP contribution in [0.1, 0.15) is 387 Å². The Morgan fingerprint density at radius 1 is 0.239 bits per heavy atom. The first-order valence-corrected chi connectivity index (χ1v) is 39.1. The van der Waals surface area contributed by atoms with Gasteiger partial charge in [0.25, 0.3) is 0 Å². The second-order valence-electron chi connectivity index (χ2n) is 27.2. The van der Waals surface area contributed by atoms with Crippen LogP contribution in [0.4, 0.5) is 0 Å². The van der Waals surface area contributed by atoms with Crippen LogP contribution in [0.15, 0.2) is 0 Å². The van der Waals surface area contributed by atoms with Crippen LogP contribution in [0, 0.1) is 0 Å². The highest BCUT2D eigenvalue weighted by Crippen LogP contribution is 2.25. The van der Waals surface area contributed by atoms with E-state index in [4.69, 9.17) is 37.9 Å². The van der Waals surface area contributed by atoms with E-state index in [2.05, 4.69) is 27.7 Å². The summed E-state index contributed by atoms with van der Waals surface area (Å²) in [5.41, 5.74) is 0. The lowest BCUT2D eigenvalue weighted by Gasteiger charge is -2.26. The number of methoxy groups -OCH3 is 4. The topological polar surface area (TPSA) is 183 Å². The third kappa shape index (κ3) is 55.7. The average molecular weight is 1310 g/mol. The highest BCUT2D eigenvalue weighted by Gasteiger charge is 2.27. The SMILES string of the molecule is CCCCCCCCC(O)C(CCCCCCCC(=O)OC(CCCCCCCC(=O)OCCCOC(=O)CCCCCCC(OC)C(CCCCCCCC)OC(=O)CCCCCCCC(O)C(CCCCCCCC)OC)C(CCCCCCCC)OC)OC. The summed E-state index contributed by atoms with van der Waals surface area (Å²) in [5.74, 6) is -0.732. The van der Waals surface area contributed by atoms with Crippen molar-refractivity contribution in [2.75, 3.05) is 41.7 Å². The second-order valence-corrected chi connectivity index (χ2v) is 27.2. The van der Waals surface area contributed by atoms with Gasteiger partial charge in [0.05, 0.1) is 49.8 Å². The molecule has 0 rings (SSSR count). The van der Waals surface area contributed by atoms with Gasteiger partial charge in [-0.05, 0) is 89.9 Å². The van der Waals surface area contributed by atoms with Gasteiger partial charge in [-0.15, -0.1) is 0 Å². The molecule has 0 fully saturated rings. The van der Waals surface area contributed by atoms with Crippen LogP contribution >= 0.6 is 0 Å². The predicted octanol–water partition coefficient (Wildman–Crippen LogP) is 20.6. The van der Waals surface area contributed by atoms with Crippen molar-refractivity contribution in [1.29, 1.82) is 0 Å². The van der Waals surface area contributed by atoms with Gasteiger partial charge in [0.15, 0.2) is 0 Å². The zero-order valence-electron chi connectivity index (χ0n) is 61.4. The molecule has 0 amide bonds. The van der Waals surface area contributed by atoms with Crippen molar-refractivity contribution in [3.63, 3.8) is 0 Å². The Labute approximate surface area is 566 Å². The molecule has 0 aromatic heterocycles. The summed E-state index contributed by atoms with van der Waals surface area (Å²) in [6, 6.07) is 0. The molecule has 92 heavy (non-hydrogen) atoms. The van der Waals surface area contributed by atoms with Crippen molar-refractivity contribution < 1.29 is 67.3 Å². The quantitative estimate of drug-likeness (QED) is 0.0333. The first-order chi connectivity index (χ1) is 44.9. The molecule has 0 bridgehead atoms. The molecular weight excluding hydrogens is 1160 g/mol. The van der Waals surface area contributed by atoms with Crippen LogP contribution in [0.25, 0.3) is 0 Å². The number of esters is 4. The average Bonchev–Trinajstić information content (AvgIpc) is 3.08. The molecule has 0 aliphatic heterocycles. The highest BCUT2D eigenvalue weighted by molar-refractivity contribution is 5.70. The number of unbranched alkanes of at least 4 members (excludes halogenated alkanes) is 35. The van der Waals surface area contributed by atoms with Gasteiger partial charge < -0.3 is 48.1 Å². The zero-order chi connectivity index (χ0) is 67.6. The zero-order valence-corrected chi connectivity index (χ0v) is 61.4. The molecule has 0 radical (unpaired) electrons. The fourth-order valence-electron chi connectivity index (χ4n) is 12.8. The molecule has 0 aliphatic carbocycles. The molecule has 0 saturated carbocycles. The summed E-state index contributed by atoms with van der Waals surface area (Å²) in [4.78, 5) is 51.4. The number of carbonyl (C=O) groups excluding carboxylic acids is 4. The maximum atomic E-state index is 13.2. The van der Waals surface area contributed by atoms with E-state index in [0.717, 1.165) is 212 Å². The van der Waals surface area contributed by atoms with Crippen molar-refractivity contribution in [3.8, 4) is 0 Å². The number of hydrogen-bond acceptors (Lipinski definition) is 14. The van der Waals surface area contributed by atoms with Crippen LogP contribution in [-0.4, -0.2) is 125 Å². The van der Waals surface area contributed by atoms with Crippen LogP contribution in [0.2, 0.25) is 0 Å². The molecule has 8 atom stereocenters. The van der Waals surface area contributed by atoms with E-state index in [1.54, 1.807) is 28.4 Å². The number of ether oxygens (including phenoxy) is 8. The molecule has 0 saturated heterocycles. The van der Waals surface area contributed by atoms with Crippen LogP contribution in [0.3, 0.4) is 0 Å². The van der Waals surface area contributed by atoms with Crippen LogP contribution in [0.5, 0.6) is 0 Å². The third-order valence-electron chi connectivity index (χ3n) is 18.9. The Morgan fingerprint density at radius 2 is 0.446 bits per heavy atom. The number of rotatable bonds is 73. The van der Waals surface area contributed by atoms with Gasteiger partial charge in [0.1, 0.15) is 12.2 Å². The number of aliphatic hydroxyl groups excluding tert-OH is 2. The maximum absolute atomic E-state index is 13.2. The van der Waals surface area contributed by atoms with Gasteiger partial charge in [0, 0.05) is 60.5 Å². The van der Waals surface area contributed by atoms with Crippen LogP contribution in [-0.2, 0) is 57.1 Å². The molecule has 0 aliphatic rings. The Kier molecular flexibility index (Phi) is 66.8. The summed E-state index contributed by atoms with van der Waals surface area (Å²) in [6.07, 6.45) is 53.5. The van der Waals surface area contributed by atoms with Crippen LogP contribution < -0.4 is 0 Å². The van der Waals surface area contributed by atoms with Gasteiger partial charge in [-0.1, -0.05) is 265 Å². The second kappa shape index (κ2) is 68.6.